The lowest BCUT2D eigenvalue weighted by Gasteiger charge is -2.38. The van der Waals surface area contributed by atoms with Gasteiger partial charge in [0.15, 0.2) is 0 Å². The zero-order valence-corrected chi connectivity index (χ0v) is 33.0. The predicted molar refractivity (Wildman–Crippen MR) is 221 cm³/mol. The van der Waals surface area contributed by atoms with Crippen molar-refractivity contribution in [2.45, 2.75) is 57.5 Å². The maximum atomic E-state index is 15.0. The molecule has 3 aromatic carbocycles. The highest BCUT2D eigenvalue weighted by Gasteiger charge is 2.41. The number of hydrogen-bond acceptors (Lipinski definition) is 10. The van der Waals surface area contributed by atoms with Crippen molar-refractivity contribution in [3.8, 4) is 0 Å². The van der Waals surface area contributed by atoms with Crippen molar-refractivity contribution in [1.82, 2.24) is 30.2 Å². The Labute approximate surface area is 338 Å². The molecule has 3 aromatic rings. The van der Waals surface area contributed by atoms with Gasteiger partial charge in [0.05, 0.1) is 12.3 Å². The fourth-order valence-electron chi connectivity index (χ4n) is 9.05. The molecule has 5 aliphatic heterocycles. The van der Waals surface area contributed by atoms with E-state index in [2.05, 4.69) is 55.7 Å². The number of carbonyl (C=O) groups is 3. The Bertz CT molecular complexity index is 2190. The van der Waals surface area contributed by atoms with Crippen LogP contribution in [0.2, 0.25) is 0 Å². The average molecular weight is 787 g/mol. The molecule has 0 radical (unpaired) electrons. The number of β-amino-alcohol motifs (C(OH)–C–C–N with tert-alkyl or cyclic N) is 1. The van der Waals surface area contributed by atoms with Crippen LogP contribution in [-0.2, 0) is 22.6 Å². The van der Waals surface area contributed by atoms with Crippen molar-refractivity contribution in [2.24, 2.45) is 4.99 Å². The molecular weight excluding hydrogens is 736 g/mol. The van der Waals surface area contributed by atoms with E-state index in [4.69, 9.17) is 10.4 Å². The summed E-state index contributed by atoms with van der Waals surface area (Å²) >= 11 is 0. The summed E-state index contributed by atoms with van der Waals surface area (Å²) < 4.78 is 15.0. The largest absolute Gasteiger partial charge is 0.395 e. The van der Waals surface area contributed by atoms with Crippen LogP contribution in [0, 0.1) is 11.2 Å². The van der Waals surface area contributed by atoms with E-state index in [9.17, 15) is 23.9 Å². The highest BCUT2D eigenvalue weighted by molar-refractivity contribution is 6.23. The monoisotopic (exact) mass is 786 g/mol. The Balaban J connectivity index is 0.958. The molecule has 5 heterocycles. The van der Waals surface area contributed by atoms with Gasteiger partial charge in [0, 0.05) is 80.7 Å². The van der Waals surface area contributed by atoms with Crippen LogP contribution in [-0.4, -0.2) is 119 Å². The zero-order valence-electron chi connectivity index (χ0n) is 33.0. The maximum absolute atomic E-state index is 15.0. The van der Waals surface area contributed by atoms with Gasteiger partial charge >= 0.3 is 0 Å². The van der Waals surface area contributed by atoms with Gasteiger partial charge in [0.25, 0.3) is 5.91 Å². The van der Waals surface area contributed by atoms with Gasteiger partial charge < -0.3 is 30.5 Å². The van der Waals surface area contributed by atoms with Crippen LogP contribution in [0.5, 0.6) is 0 Å². The maximum Gasteiger partial charge on any atom is 0.255 e. The lowest BCUT2D eigenvalue weighted by molar-refractivity contribution is -0.136. The van der Waals surface area contributed by atoms with E-state index >= 15 is 0 Å². The highest BCUT2D eigenvalue weighted by atomic mass is 19.1. The SMILES string of the molecule is CC(=N)/C(=C1/N=C(c2cccc(CCN3CCC(c4cc(F)cc5c4CN(C4CCC(=O)NC4=O)C5=O)CC3)c2)C=C(N2CCN(CCO)CC2)N1)c1ccccc1. The van der Waals surface area contributed by atoms with Gasteiger partial charge in [0.2, 0.25) is 11.8 Å². The zero-order chi connectivity index (χ0) is 40.3. The number of aliphatic hydroxyl groups is 1. The number of nitrogens with one attached hydrogen (secondary N) is 3. The molecule has 3 amide bonds. The van der Waals surface area contributed by atoms with E-state index in [-0.39, 0.29) is 43.7 Å². The van der Waals surface area contributed by atoms with Crippen molar-refractivity contribution >= 4 is 34.7 Å². The Morgan fingerprint density at radius 1 is 0.897 bits per heavy atom. The summed E-state index contributed by atoms with van der Waals surface area (Å²) in [5.74, 6) is 0.101. The lowest BCUT2D eigenvalue weighted by atomic mass is 9.85. The molecule has 3 saturated heterocycles. The molecule has 0 aromatic heterocycles. The fourth-order valence-corrected chi connectivity index (χ4v) is 9.05. The summed E-state index contributed by atoms with van der Waals surface area (Å²) in [6.45, 7) is 8.71. The van der Waals surface area contributed by atoms with E-state index in [0.717, 1.165) is 104 Å². The summed E-state index contributed by atoms with van der Waals surface area (Å²) in [6.07, 6.45) is 5.07. The van der Waals surface area contributed by atoms with Crippen LogP contribution in [0.25, 0.3) is 5.57 Å². The first kappa shape index (κ1) is 39.3. The number of likely N-dealkylation sites (tertiary alicyclic amines) is 1. The number of hydrogen-bond donors (Lipinski definition) is 4. The standard InChI is InChI=1S/C45H51FN8O4/c1-29(47)42(32-7-3-2-4-8-32)43-48-38(27-40(49-43)53-20-18-52(19-21-53)22-23-55)33-9-5-6-30(24-33)12-15-51-16-13-31(14-17-51)35-25-34(46)26-36-37(35)28-54(45(36)58)39-10-11-41(56)50-44(39)57/h2-9,24-27,31,39,47,49,55H,10-23,28H2,1H3,(H,50,56,57)/b43-42+,47-29?. The molecule has 3 fully saturated rings. The number of nitrogens with zero attached hydrogens (tertiary/aromatic N) is 5. The molecule has 0 bridgehead atoms. The molecule has 13 heteroatoms. The second-order valence-electron chi connectivity index (χ2n) is 15.9. The van der Waals surface area contributed by atoms with Crippen molar-refractivity contribution in [3.05, 3.63) is 124 Å². The quantitative estimate of drug-likeness (QED) is 0.167. The first-order valence-electron chi connectivity index (χ1n) is 20.4. The van der Waals surface area contributed by atoms with Crippen molar-refractivity contribution < 1.29 is 23.9 Å². The molecule has 4 N–H and O–H groups in total. The number of allylic oxidation sites excluding steroid dienone is 2. The van der Waals surface area contributed by atoms with Gasteiger partial charge in [-0.1, -0.05) is 48.5 Å². The minimum Gasteiger partial charge on any atom is -0.395 e. The van der Waals surface area contributed by atoms with Crippen LogP contribution < -0.4 is 10.6 Å². The van der Waals surface area contributed by atoms with Gasteiger partial charge in [-0.05, 0) is 92.1 Å². The van der Waals surface area contributed by atoms with E-state index in [1.54, 1.807) is 13.0 Å². The van der Waals surface area contributed by atoms with Crippen molar-refractivity contribution in [2.75, 3.05) is 59.0 Å². The summed E-state index contributed by atoms with van der Waals surface area (Å²) in [4.78, 5) is 51.4. The molecule has 5 aliphatic rings. The normalized spacial score (nSPS) is 21.6. The molecule has 12 nitrogen and oxygen atoms in total. The third-order valence-electron chi connectivity index (χ3n) is 12.2. The number of halogens is 1. The van der Waals surface area contributed by atoms with E-state index in [1.807, 2.05) is 30.3 Å². The molecule has 0 spiro atoms. The second kappa shape index (κ2) is 17.2. The number of rotatable bonds is 11. The molecule has 0 saturated carbocycles. The van der Waals surface area contributed by atoms with Crippen LogP contribution >= 0.6 is 0 Å². The van der Waals surface area contributed by atoms with E-state index in [0.29, 0.717) is 23.6 Å². The Hall–Kier alpha value is -5.50. The van der Waals surface area contributed by atoms with Crippen LogP contribution in [0.3, 0.4) is 0 Å². The molecule has 8 rings (SSSR count). The number of imide groups is 1. The first-order valence-corrected chi connectivity index (χ1v) is 20.4. The Morgan fingerprint density at radius 3 is 2.38 bits per heavy atom. The van der Waals surface area contributed by atoms with Crippen molar-refractivity contribution in [1.29, 1.82) is 5.41 Å². The minimum atomic E-state index is -0.732. The number of aliphatic imine (C=N–C) groups is 1. The Morgan fingerprint density at radius 2 is 1.66 bits per heavy atom. The average Bonchev–Trinajstić information content (AvgIpc) is 3.55. The number of fused-ring (bicyclic) bond motifs is 1. The number of piperidine rings is 2. The summed E-state index contributed by atoms with van der Waals surface area (Å²) in [7, 11) is 0. The number of aliphatic hydroxyl groups excluding tert-OH is 1. The molecule has 0 aliphatic carbocycles. The van der Waals surface area contributed by atoms with Gasteiger partial charge in [0.1, 0.15) is 23.5 Å². The van der Waals surface area contributed by atoms with Crippen molar-refractivity contribution in [3.63, 3.8) is 0 Å². The van der Waals surface area contributed by atoms with Gasteiger partial charge in [-0.2, -0.15) is 0 Å². The van der Waals surface area contributed by atoms with E-state index < -0.39 is 17.8 Å². The minimum absolute atomic E-state index is 0.0997. The van der Waals surface area contributed by atoms with E-state index in [1.165, 1.54) is 16.5 Å². The second-order valence-corrected chi connectivity index (χ2v) is 15.9. The number of carbonyl (C=O) groups excluding carboxylic acids is 3. The van der Waals surface area contributed by atoms with Gasteiger partial charge in [-0.25, -0.2) is 9.38 Å². The Kier molecular flexibility index (Phi) is 11.6. The summed E-state index contributed by atoms with van der Waals surface area (Å²) in [5, 5.41) is 24.1. The van der Waals surface area contributed by atoms with Gasteiger partial charge in [-0.3, -0.25) is 24.6 Å². The molecule has 1 unspecified atom stereocenters. The number of piperazine rings is 1. The lowest BCUT2D eigenvalue weighted by Crippen LogP contribution is -2.52. The number of benzene rings is 3. The fraction of sp³-hybridized carbons (Fsp3) is 0.400. The van der Waals surface area contributed by atoms with Crippen LogP contribution in [0.15, 0.2) is 89.4 Å². The number of amides is 3. The first-order chi connectivity index (χ1) is 28.1. The highest BCUT2D eigenvalue weighted by Crippen LogP contribution is 2.38. The molecular formula is C45H51FN8O4. The summed E-state index contributed by atoms with van der Waals surface area (Å²) in [5.41, 5.74) is 7.12. The topological polar surface area (TPSA) is 145 Å². The van der Waals surface area contributed by atoms with Crippen LogP contribution in [0.1, 0.15) is 76.7 Å². The third kappa shape index (κ3) is 8.38. The predicted octanol–water partition coefficient (Wildman–Crippen LogP) is 4.26. The van der Waals surface area contributed by atoms with Gasteiger partial charge in [-0.15, -0.1) is 0 Å². The molecule has 1 atom stereocenters. The third-order valence-corrected chi connectivity index (χ3v) is 12.2. The smallest absolute Gasteiger partial charge is 0.255 e. The summed E-state index contributed by atoms with van der Waals surface area (Å²) in [6, 6.07) is 20.6. The molecule has 58 heavy (non-hydrogen) atoms. The molecule has 302 valence electrons. The van der Waals surface area contributed by atoms with Crippen LogP contribution in [0.4, 0.5) is 4.39 Å².